The molecule has 0 aliphatic rings. The number of nitrogens with one attached hydrogen (secondary N) is 2. The maximum Gasteiger partial charge on any atom is 0.251 e. The van der Waals surface area contributed by atoms with Gasteiger partial charge in [0.1, 0.15) is 5.82 Å². The summed E-state index contributed by atoms with van der Waals surface area (Å²) >= 11 is 11.9. The molecule has 0 fully saturated rings. The van der Waals surface area contributed by atoms with Gasteiger partial charge in [0.05, 0.1) is 10.0 Å². The highest BCUT2D eigenvalue weighted by Gasteiger charge is 2.08. The summed E-state index contributed by atoms with van der Waals surface area (Å²) in [5.74, 6) is 0.353. The average molecular weight is 373 g/mol. The highest BCUT2D eigenvalue weighted by molar-refractivity contribution is 6.42. The van der Waals surface area contributed by atoms with Gasteiger partial charge in [0.2, 0.25) is 0 Å². The van der Waals surface area contributed by atoms with E-state index in [-0.39, 0.29) is 5.91 Å². The number of pyridine rings is 2. The van der Waals surface area contributed by atoms with E-state index in [4.69, 9.17) is 23.2 Å². The number of hydrogen-bond donors (Lipinski definition) is 2. The SMILES string of the molecule is O=C(NCc1ccncc1)c1ccnc(Nc2ccc(Cl)c(Cl)c2)c1. The monoisotopic (exact) mass is 372 g/mol. The molecule has 0 spiro atoms. The minimum atomic E-state index is -0.184. The lowest BCUT2D eigenvalue weighted by Crippen LogP contribution is -2.22. The Morgan fingerprint density at radius 1 is 0.960 bits per heavy atom. The van der Waals surface area contributed by atoms with Crippen LogP contribution in [0.25, 0.3) is 0 Å². The number of hydrogen-bond acceptors (Lipinski definition) is 4. The summed E-state index contributed by atoms with van der Waals surface area (Å²) in [5.41, 5.74) is 2.22. The summed E-state index contributed by atoms with van der Waals surface area (Å²) in [7, 11) is 0. The van der Waals surface area contributed by atoms with Crippen LogP contribution in [0, 0.1) is 0 Å². The molecule has 0 aliphatic heterocycles. The molecule has 126 valence electrons. The van der Waals surface area contributed by atoms with Gasteiger partial charge in [-0.25, -0.2) is 4.98 Å². The van der Waals surface area contributed by atoms with E-state index in [1.54, 1.807) is 48.9 Å². The van der Waals surface area contributed by atoms with Crippen LogP contribution in [0.2, 0.25) is 10.0 Å². The molecule has 0 saturated carbocycles. The van der Waals surface area contributed by atoms with Crippen LogP contribution >= 0.6 is 23.2 Å². The Hall–Kier alpha value is -2.63. The first kappa shape index (κ1) is 17.2. The van der Waals surface area contributed by atoms with Crippen molar-refractivity contribution in [2.24, 2.45) is 0 Å². The van der Waals surface area contributed by atoms with Crippen molar-refractivity contribution < 1.29 is 4.79 Å². The van der Waals surface area contributed by atoms with Crippen LogP contribution in [0.15, 0.2) is 61.1 Å². The lowest BCUT2D eigenvalue weighted by molar-refractivity contribution is 0.0951. The predicted octanol–water partition coefficient (Wildman–Crippen LogP) is 4.46. The normalized spacial score (nSPS) is 10.3. The highest BCUT2D eigenvalue weighted by Crippen LogP contribution is 2.26. The minimum absolute atomic E-state index is 0.184. The molecule has 0 aliphatic carbocycles. The van der Waals surface area contributed by atoms with Crippen molar-refractivity contribution in [3.63, 3.8) is 0 Å². The topological polar surface area (TPSA) is 66.9 Å². The van der Waals surface area contributed by atoms with Gasteiger partial charge in [0.25, 0.3) is 5.91 Å². The number of amides is 1. The molecule has 1 aromatic carbocycles. The van der Waals surface area contributed by atoms with Crippen molar-refractivity contribution in [2.45, 2.75) is 6.54 Å². The third-order valence-corrected chi connectivity index (χ3v) is 4.16. The van der Waals surface area contributed by atoms with Crippen LogP contribution in [-0.4, -0.2) is 15.9 Å². The Morgan fingerprint density at radius 2 is 1.76 bits per heavy atom. The molecular formula is C18H14Cl2N4O. The van der Waals surface area contributed by atoms with Gasteiger partial charge < -0.3 is 10.6 Å². The molecule has 3 aromatic rings. The molecule has 2 heterocycles. The van der Waals surface area contributed by atoms with E-state index < -0.39 is 0 Å². The van der Waals surface area contributed by atoms with Gasteiger partial charge in [-0.2, -0.15) is 0 Å². The van der Waals surface area contributed by atoms with Gasteiger partial charge in [-0.05, 0) is 48.0 Å². The lowest BCUT2D eigenvalue weighted by atomic mass is 10.2. The Balaban J connectivity index is 1.68. The number of halogens is 2. The number of carbonyl (C=O) groups excluding carboxylic acids is 1. The number of nitrogens with zero attached hydrogens (tertiary/aromatic N) is 2. The summed E-state index contributed by atoms with van der Waals surface area (Å²) in [6, 6.07) is 12.2. The first-order chi connectivity index (χ1) is 12.1. The van der Waals surface area contributed by atoms with Gasteiger partial charge in [0, 0.05) is 36.4 Å². The van der Waals surface area contributed by atoms with Crippen LogP contribution < -0.4 is 10.6 Å². The molecule has 0 bridgehead atoms. The van der Waals surface area contributed by atoms with E-state index >= 15 is 0 Å². The zero-order valence-corrected chi connectivity index (χ0v) is 14.6. The molecule has 2 N–H and O–H groups in total. The second-order valence-corrected chi connectivity index (χ2v) is 6.04. The predicted molar refractivity (Wildman–Crippen MR) is 99.4 cm³/mol. The van der Waals surface area contributed by atoms with Crippen LogP contribution in [0.4, 0.5) is 11.5 Å². The fraction of sp³-hybridized carbons (Fsp3) is 0.0556. The molecule has 0 saturated heterocycles. The second kappa shape index (κ2) is 7.96. The number of aromatic nitrogens is 2. The molecule has 25 heavy (non-hydrogen) atoms. The second-order valence-electron chi connectivity index (χ2n) is 5.22. The maximum absolute atomic E-state index is 12.3. The standard InChI is InChI=1S/C18H14Cl2N4O/c19-15-2-1-14(10-16(15)20)24-17-9-13(5-8-22-17)18(25)23-11-12-3-6-21-7-4-12/h1-10H,11H2,(H,22,24)(H,23,25). The number of anilines is 2. The molecule has 7 heteroatoms. The van der Waals surface area contributed by atoms with Gasteiger partial charge in [-0.1, -0.05) is 23.2 Å². The van der Waals surface area contributed by atoms with E-state index in [1.165, 1.54) is 0 Å². The van der Waals surface area contributed by atoms with Gasteiger partial charge in [-0.15, -0.1) is 0 Å². The Bertz CT molecular complexity index is 887. The smallest absolute Gasteiger partial charge is 0.251 e. The summed E-state index contributed by atoms with van der Waals surface area (Å²) in [6.45, 7) is 0.430. The zero-order chi connectivity index (χ0) is 17.6. The van der Waals surface area contributed by atoms with Crippen LogP contribution in [0.5, 0.6) is 0 Å². The highest BCUT2D eigenvalue weighted by atomic mass is 35.5. The first-order valence-electron chi connectivity index (χ1n) is 7.47. The largest absolute Gasteiger partial charge is 0.348 e. The van der Waals surface area contributed by atoms with Crippen LogP contribution in [-0.2, 0) is 6.54 Å². The molecule has 0 radical (unpaired) electrons. The zero-order valence-electron chi connectivity index (χ0n) is 13.0. The molecule has 5 nitrogen and oxygen atoms in total. The Labute approximate surface area is 155 Å². The fourth-order valence-corrected chi connectivity index (χ4v) is 2.45. The first-order valence-corrected chi connectivity index (χ1v) is 8.22. The lowest BCUT2D eigenvalue weighted by Gasteiger charge is -2.09. The van der Waals surface area contributed by atoms with Crippen molar-refractivity contribution in [3.8, 4) is 0 Å². The van der Waals surface area contributed by atoms with Crippen LogP contribution in [0.1, 0.15) is 15.9 Å². The molecule has 0 atom stereocenters. The number of rotatable bonds is 5. The van der Waals surface area contributed by atoms with Gasteiger partial charge >= 0.3 is 0 Å². The van der Waals surface area contributed by atoms with Crippen LogP contribution in [0.3, 0.4) is 0 Å². The summed E-state index contributed by atoms with van der Waals surface area (Å²) in [4.78, 5) is 20.5. The van der Waals surface area contributed by atoms with E-state index in [2.05, 4.69) is 20.6 Å². The summed E-state index contributed by atoms with van der Waals surface area (Å²) in [5, 5.41) is 6.88. The van der Waals surface area contributed by atoms with Crippen molar-refractivity contribution in [1.82, 2.24) is 15.3 Å². The number of carbonyl (C=O) groups is 1. The molecule has 3 rings (SSSR count). The van der Waals surface area contributed by atoms with Crippen molar-refractivity contribution in [3.05, 3.63) is 82.2 Å². The molecule has 2 aromatic heterocycles. The van der Waals surface area contributed by atoms with E-state index in [9.17, 15) is 4.79 Å². The fourth-order valence-electron chi connectivity index (χ4n) is 2.15. The molecular weight excluding hydrogens is 359 g/mol. The maximum atomic E-state index is 12.3. The average Bonchev–Trinajstić information content (AvgIpc) is 2.64. The Kier molecular flexibility index (Phi) is 5.48. The van der Waals surface area contributed by atoms with Gasteiger partial charge in [0.15, 0.2) is 0 Å². The molecule has 1 amide bonds. The van der Waals surface area contributed by atoms with E-state index in [0.29, 0.717) is 28.0 Å². The number of benzene rings is 1. The quantitative estimate of drug-likeness (QED) is 0.693. The summed E-state index contributed by atoms with van der Waals surface area (Å²) < 4.78 is 0. The Morgan fingerprint density at radius 3 is 2.52 bits per heavy atom. The molecule has 0 unspecified atom stereocenters. The van der Waals surface area contributed by atoms with Crippen molar-refractivity contribution in [2.75, 3.05) is 5.32 Å². The third kappa shape index (κ3) is 4.68. The van der Waals surface area contributed by atoms with Gasteiger partial charge in [-0.3, -0.25) is 9.78 Å². The van der Waals surface area contributed by atoms with E-state index in [1.807, 2.05) is 12.1 Å². The van der Waals surface area contributed by atoms with Crippen molar-refractivity contribution in [1.29, 1.82) is 0 Å². The summed E-state index contributed by atoms with van der Waals surface area (Å²) in [6.07, 6.45) is 4.95. The van der Waals surface area contributed by atoms with E-state index in [0.717, 1.165) is 11.3 Å². The van der Waals surface area contributed by atoms with Crippen molar-refractivity contribution >= 4 is 40.6 Å². The third-order valence-electron chi connectivity index (χ3n) is 3.42. The minimum Gasteiger partial charge on any atom is -0.348 e.